The third-order valence-electron chi connectivity index (χ3n) is 4.81. The Morgan fingerprint density at radius 3 is 2.13 bits per heavy atom. The maximum atomic E-state index is 12.8. The highest BCUT2D eigenvalue weighted by molar-refractivity contribution is 6.09. The van der Waals surface area contributed by atoms with Gasteiger partial charge in [-0.25, -0.2) is 4.79 Å². The zero-order chi connectivity index (χ0) is 21.8. The van der Waals surface area contributed by atoms with E-state index in [0.29, 0.717) is 11.3 Å². The second-order valence-corrected chi connectivity index (χ2v) is 6.83. The molecule has 1 amide bonds. The van der Waals surface area contributed by atoms with Crippen LogP contribution in [-0.2, 0) is 0 Å². The average Bonchev–Trinajstić information content (AvgIpc) is 2.80. The molecule has 152 valence electrons. The Morgan fingerprint density at radius 1 is 0.742 bits per heavy atom. The number of aromatic nitrogens is 1. The van der Waals surface area contributed by atoms with Crippen molar-refractivity contribution < 1.29 is 19.8 Å². The molecule has 1 aromatic heterocycles. The molecule has 0 aliphatic carbocycles. The summed E-state index contributed by atoms with van der Waals surface area (Å²) in [6, 6.07) is 24.2. The van der Waals surface area contributed by atoms with E-state index in [1.54, 1.807) is 36.5 Å². The van der Waals surface area contributed by atoms with Crippen LogP contribution in [0.25, 0.3) is 22.4 Å². The number of pyridine rings is 1. The number of phenolic OH excluding ortho intramolecular Hbond substituents is 1. The first-order chi connectivity index (χ1) is 15.0. The van der Waals surface area contributed by atoms with Crippen LogP contribution in [0.4, 0.5) is 5.69 Å². The summed E-state index contributed by atoms with van der Waals surface area (Å²) in [6.45, 7) is 0. The Balaban J connectivity index is 1.65. The van der Waals surface area contributed by atoms with Crippen LogP contribution < -0.4 is 5.32 Å². The van der Waals surface area contributed by atoms with Gasteiger partial charge < -0.3 is 15.5 Å². The fourth-order valence-electron chi connectivity index (χ4n) is 3.25. The van der Waals surface area contributed by atoms with Gasteiger partial charge in [0.2, 0.25) is 0 Å². The average molecular weight is 410 g/mol. The van der Waals surface area contributed by atoms with Crippen molar-refractivity contribution in [2.45, 2.75) is 0 Å². The lowest BCUT2D eigenvalue weighted by Gasteiger charge is -2.12. The number of carbonyl (C=O) groups is 2. The third-order valence-corrected chi connectivity index (χ3v) is 4.81. The molecule has 0 saturated heterocycles. The van der Waals surface area contributed by atoms with E-state index in [2.05, 4.69) is 10.3 Å². The molecule has 0 unspecified atom stereocenters. The van der Waals surface area contributed by atoms with Crippen molar-refractivity contribution in [1.29, 1.82) is 0 Å². The summed E-state index contributed by atoms with van der Waals surface area (Å²) >= 11 is 0. The molecule has 0 radical (unpaired) electrons. The summed E-state index contributed by atoms with van der Waals surface area (Å²) < 4.78 is 0. The van der Waals surface area contributed by atoms with Crippen LogP contribution in [0.5, 0.6) is 5.75 Å². The lowest BCUT2D eigenvalue weighted by Crippen LogP contribution is -2.15. The normalized spacial score (nSPS) is 10.5. The number of rotatable bonds is 5. The number of amides is 1. The lowest BCUT2D eigenvalue weighted by molar-refractivity contribution is 0.0698. The molecule has 3 N–H and O–H groups in total. The summed E-state index contributed by atoms with van der Waals surface area (Å²) in [5, 5.41) is 22.6. The topological polar surface area (TPSA) is 99.5 Å². The molecule has 0 aliphatic rings. The van der Waals surface area contributed by atoms with Gasteiger partial charge in [-0.1, -0.05) is 48.5 Å². The molecule has 3 aromatic carbocycles. The standard InChI is InChI=1S/C25H18N2O4/c28-23-15-18(21-8-4-5-13-26-21)10-12-20(23)24(29)27-22-14-17(9-11-19(22)25(30)31)16-6-2-1-3-7-16/h1-15,28H,(H,27,29)(H,30,31). The summed E-state index contributed by atoms with van der Waals surface area (Å²) in [5.74, 6) is -2.00. The van der Waals surface area contributed by atoms with Crippen LogP contribution in [-0.4, -0.2) is 27.1 Å². The van der Waals surface area contributed by atoms with Crippen LogP contribution in [0.15, 0.2) is 91.1 Å². The van der Waals surface area contributed by atoms with Crippen molar-refractivity contribution in [3.63, 3.8) is 0 Å². The molecule has 0 saturated carbocycles. The van der Waals surface area contributed by atoms with Crippen molar-refractivity contribution >= 4 is 17.6 Å². The predicted octanol–water partition coefficient (Wildman–Crippen LogP) is 5.07. The van der Waals surface area contributed by atoms with E-state index in [9.17, 15) is 19.8 Å². The van der Waals surface area contributed by atoms with Gasteiger partial charge in [-0.2, -0.15) is 0 Å². The van der Waals surface area contributed by atoms with Crippen molar-refractivity contribution in [1.82, 2.24) is 4.98 Å². The highest BCUT2D eigenvalue weighted by Crippen LogP contribution is 2.29. The molecule has 0 fully saturated rings. The second-order valence-electron chi connectivity index (χ2n) is 6.83. The number of phenols is 1. The summed E-state index contributed by atoms with van der Waals surface area (Å²) in [6.07, 6.45) is 1.64. The molecule has 1 heterocycles. The van der Waals surface area contributed by atoms with Crippen LogP contribution >= 0.6 is 0 Å². The Morgan fingerprint density at radius 2 is 1.45 bits per heavy atom. The number of nitrogens with one attached hydrogen (secondary N) is 1. The van der Waals surface area contributed by atoms with Gasteiger partial charge in [0.1, 0.15) is 5.75 Å². The fraction of sp³-hybridized carbons (Fsp3) is 0. The Labute approximate surface area is 178 Å². The number of nitrogens with zero attached hydrogens (tertiary/aromatic N) is 1. The second kappa shape index (κ2) is 8.51. The number of hydrogen-bond acceptors (Lipinski definition) is 4. The Hall–Kier alpha value is -4.45. The molecule has 0 aliphatic heterocycles. The van der Waals surface area contributed by atoms with Crippen molar-refractivity contribution in [3.05, 3.63) is 102 Å². The zero-order valence-electron chi connectivity index (χ0n) is 16.3. The summed E-state index contributed by atoms with van der Waals surface area (Å²) in [7, 11) is 0. The smallest absolute Gasteiger partial charge is 0.337 e. The molecule has 0 atom stereocenters. The minimum Gasteiger partial charge on any atom is -0.507 e. The van der Waals surface area contributed by atoms with Gasteiger partial charge >= 0.3 is 5.97 Å². The SMILES string of the molecule is O=C(Nc1cc(-c2ccccc2)ccc1C(=O)O)c1ccc(-c2ccccn2)cc1O. The predicted molar refractivity (Wildman–Crippen MR) is 118 cm³/mol. The maximum absolute atomic E-state index is 12.8. The highest BCUT2D eigenvalue weighted by Gasteiger charge is 2.17. The monoisotopic (exact) mass is 410 g/mol. The number of carboxylic acid groups (broad SMARTS) is 1. The van der Waals surface area contributed by atoms with E-state index in [4.69, 9.17) is 0 Å². The Bertz CT molecular complexity index is 1260. The third kappa shape index (κ3) is 4.28. The van der Waals surface area contributed by atoms with Crippen molar-refractivity contribution in [2.24, 2.45) is 0 Å². The first-order valence-corrected chi connectivity index (χ1v) is 9.51. The number of hydrogen-bond donors (Lipinski definition) is 3. The van der Waals surface area contributed by atoms with E-state index in [0.717, 1.165) is 11.1 Å². The summed E-state index contributed by atoms with van der Waals surface area (Å²) in [5.41, 5.74) is 3.10. The molecular weight excluding hydrogens is 392 g/mol. The number of aromatic carboxylic acids is 1. The molecule has 6 nitrogen and oxygen atoms in total. The summed E-state index contributed by atoms with van der Waals surface area (Å²) in [4.78, 5) is 28.7. The first kappa shape index (κ1) is 19.8. The van der Waals surface area contributed by atoms with Gasteiger partial charge in [0.15, 0.2) is 0 Å². The van der Waals surface area contributed by atoms with E-state index >= 15 is 0 Å². The molecule has 4 rings (SSSR count). The van der Waals surface area contributed by atoms with Gasteiger partial charge in [0.05, 0.1) is 22.5 Å². The van der Waals surface area contributed by atoms with Crippen LogP contribution in [0.2, 0.25) is 0 Å². The van der Waals surface area contributed by atoms with Gasteiger partial charge in [0.25, 0.3) is 5.91 Å². The number of aromatic hydroxyl groups is 1. The van der Waals surface area contributed by atoms with Gasteiger partial charge in [-0.15, -0.1) is 0 Å². The van der Waals surface area contributed by atoms with Crippen LogP contribution in [0, 0.1) is 0 Å². The molecule has 0 bridgehead atoms. The van der Waals surface area contributed by atoms with E-state index < -0.39 is 11.9 Å². The van der Waals surface area contributed by atoms with Gasteiger partial charge in [-0.3, -0.25) is 9.78 Å². The minimum atomic E-state index is -1.16. The molecule has 4 aromatic rings. The van der Waals surface area contributed by atoms with Crippen LogP contribution in [0.3, 0.4) is 0 Å². The molecule has 0 spiro atoms. The first-order valence-electron chi connectivity index (χ1n) is 9.51. The van der Waals surface area contributed by atoms with E-state index in [-0.39, 0.29) is 22.6 Å². The zero-order valence-corrected chi connectivity index (χ0v) is 16.3. The molecular formula is C25H18N2O4. The number of anilines is 1. The highest BCUT2D eigenvalue weighted by atomic mass is 16.4. The lowest BCUT2D eigenvalue weighted by atomic mass is 10.0. The van der Waals surface area contributed by atoms with E-state index in [1.165, 1.54) is 18.2 Å². The van der Waals surface area contributed by atoms with Gasteiger partial charge in [0, 0.05) is 11.8 Å². The van der Waals surface area contributed by atoms with E-state index in [1.807, 2.05) is 36.4 Å². The van der Waals surface area contributed by atoms with Crippen LogP contribution in [0.1, 0.15) is 20.7 Å². The number of benzene rings is 3. The minimum absolute atomic E-state index is 0.0288. The maximum Gasteiger partial charge on any atom is 0.337 e. The number of carboxylic acids is 1. The van der Waals surface area contributed by atoms with Crippen molar-refractivity contribution in [2.75, 3.05) is 5.32 Å². The molecule has 31 heavy (non-hydrogen) atoms. The van der Waals surface area contributed by atoms with Gasteiger partial charge in [-0.05, 0) is 47.5 Å². The fourth-order valence-corrected chi connectivity index (χ4v) is 3.25. The Kier molecular flexibility index (Phi) is 5.45. The number of carbonyl (C=O) groups excluding carboxylic acids is 1. The molecule has 6 heteroatoms. The quantitative estimate of drug-likeness (QED) is 0.426. The largest absolute Gasteiger partial charge is 0.507 e. The van der Waals surface area contributed by atoms with Crippen molar-refractivity contribution in [3.8, 4) is 28.1 Å².